The molecule has 1 saturated carbocycles. The van der Waals surface area contributed by atoms with Gasteiger partial charge >= 0.3 is 0 Å². The molecule has 0 radical (unpaired) electrons. The monoisotopic (exact) mass is 456 g/mol. The minimum Gasteiger partial charge on any atom is -0.347 e. The molecular weight excluding hydrogens is 431 g/mol. The predicted molar refractivity (Wildman–Crippen MR) is 118 cm³/mol. The van der Waals surface area contributed by atoms with E-state index in [0.717, 1.165) is 24.7 Å². The van der Waals surface area contributed by atoms with E-state index in [1.165, 1.54) is 41.4 Å². The largest absolute Gasteiger partial charge is 0.347 e. The quantitative estimate of drug-likeness (QED) is 0.721. The average molecular weight is 457 g/mol. The van der Waals surface area contributed by atoms with Crippen molar-refractivity contribution < 1.29 is 22.4 Å². The number of hydrogen-bond acceptors (Lipinski definition) is 4. The summed E-state index contributed by atoms with van der Waals surface area (Å²) in [5.74, 6) is -1.01. The molecule has 0 aromatic heterocycles. The van der Waals surface area contributed by atoms with E-state index in [-0.39, 0.29) is 28.1 Å². The maximum Gasteiger partial charge on any atom is 0.258 e. The van der Waals surface area contributed by atoms with Gasteiger partial charge in [-0.05, 0) is 61.9 Å². The maximum absolute atomic E-state index is 14.6. The maximum atomic E-state index is 14.6. The summed E-state index contributed by atoms with van der Waals surface area (Å²) >= 11 is 0. The van der Waals surface area contributed by atoms with Crippen molar-refractivity contribution in [2.24, 2.45) is 5.92 Å². The number of halogens is 1. The van der Waals surface area contributed by atoms with Crippen molar-refractivity contribution in [3.63, 3.8) is 0 Å². The van der Waals surface area contributed by atoms with Crippen molar-refractivity contribution in [1.29, 1.82) is 0 Å². The van der Waals surface area contributed by atoms with Crippen molar-refractivity contribution >= 4 is 21.7 Å². The first-order valence-corrected chi connectivity index (χ1v) is 12.4. The molecule has 0 unspecified atom stereocenters. The highest BCUT2D eigenvalue weighted by molar-refractivity contribution is 7.90. The van der Waals surface area contributed by atoms with E-state index in [4.69, 9.17) is 0 Å². The van der Waals surface area contributed by atoms with E-state index < -0.39 is 27.8 Å². The smallest absolute Gasteiger partial charge is 0.258 e. The fraction of sp³-hybridized carbons (Fsp3) is 0.333. The van der Waals surface area contributed by atoms with Crippen LogP contribution < -0.4 is 5.32 Å². The van der Waals surface area contributed by atoms with Crippen molar-refractivity contribution in [3.8, 4) is 0 Å². The summed E-state index contributed by atoms with van der Waals surface area (Å²) in [6, 6.07) is 9.52. The Kier molecular flexibility index (Phi) is 5.90. The molecule has 1 heterocycles. The average Bonchev–Trinajstić information content (AvgIpc) is 3.47. The highest BCUT2D eigenvalue weighted by Crippen LogP contribution is 2.42. The lowest BCUT2D eigenvalue weighted by Gasteiger charge is -2.27. The van der Waals surface area contributed by atoms with Crippen molar-refractivity contribution in [1.82, 2.24) is 10.2 Å². The number of hydrogen-bond donors (Lipinski definition) is 1. The molecule has 32 heavy (non-hydrogen) atoms. The molecule has 8 heteroatoms. The number of sulfone groups is 1. The van der Waals surface area contributed by atoms with E-state index in [9.17, 15) is 22.4 Å². The van der Waals surface area contributed by atoms with E-state index in [1.807, 2.05) is 13.0 Å². The first-order valence-electron chi connectivity index (χ1n) is 10.5. The molecule has 0 bridgehead atoms. The summed E-state index contributed by atoms with van der Waals surface area (Å²) in [5, 5.41) is 2.96. The molecule has 2 aromatic carbocycles. The Hall–Kier alpha value is -3.00. The van der Waals surface area contributed by atoms with Gasteiger partial charge in [0.2, 0.25) is 5.91 Å². The second-order valence-electron chi connectivity index (χ2n) is 8.50. The molecule has 2 amide bonds. The van der Waals surface area contributed by atoms with Gasteiger partial charge in [0.25, 0.3) is 5.91 Å². The predicted octanol–water partition coefficient (Wildman–Crippen LogP) is 3.53. The molecular formula is C24H25FN2O4S. The van der Waals surface area contributed by atoms with E-state index in [2.05, 4.69) is 5.32 Å². The normalized spacial score (nSPS) is 19.1. The zero-order chi connectivity index (χ0) is 23.0. The Balaban J connectivity index is 1.54. The topological polar surface area (TPSA) is 83.6 Å². The van der Waals surface area contributed by atoms with Gasteiger partial charge in [0.1, 0.15) is 11.9 Å². The highest BCUT2D eigenvalue weighted by Gasteiger charge is 2.38. The van der Waals surface area contributed by atoms with Crippen LogP contribution in [0.2, 0.25) is 0 Å². The lowest BCUT2D eigenvalue weighted by atomic mass is 9.99. The van der Waals surface area contributed by atoms with Crippen LogP contribution >= 0.6 is 0 Å². The van der Waals surface area contributed by atoms with Crippen LogP contribution in [0.4, 0.5) is 4.39 Å². The summed E-state index contributed by atoms with van der Waals surface area (Å²) in [4.78, 5) is 27.6. The fourth-order valence-electron chi connectivity index (χ4n) is 3.99. The van der Waals surface area contributed by atoms with Gasteiger partial charge in [0, 0.05) is 23.6 Å². The molecule has 0 spiro atoms. The summed E-state index contributed by atoms with van der Waals surface area (Å²) in [7, 11) is -3.47. The number of nitrogens with one attached hydrogen (secondary N) is 1. The SMILES string of the molecule is Cc1ccc([C@H](NC(=O)[C@H]2CC=CN2C(=O)c2cccc(S(C)(=O)=O)c2)C2CC2)c(F)c1. The van der Waals surface area contributed by atoms with Crippen LogP contribution in [0.25, 0.3) is 0 Å². The van der Waals surface area contributed by atoms with Crippen molar-refractivity contribution in [3.05, 3.63) is 77.2 Å². The summed E-state index contributed by atoms with van der Waals surface area (Å²) in [6.45, 7) is 1.81. The lowest BCUT2D eigenvalue weighted by molar-refractivity contribution is -0.125. The lowest BCUT2D eigenvalue weighted by Crippen LogP contribution is -2.46. The third-order valence-electron chi connectivity index (χ3n) is 5.89. The Morgan fingerprint density at radius 2 is 1.91 bits per heavy atom. The van der Waals surface area contributed by atoms with Crippen LogP contribution in [0.1, 0.15) is 46.8 Å². The van der Waals surface area contributed by atoms with Crippen LogP contribution in [-0.2, 0) is 14.6 Å². The minimum absolute atomic E-state index is 0.0381. The Morgan fingerprint density at radius 1 is 1.16 bits per heavy atom. The van der Waals surface area contributed by atoms with E-state index in [0.29, 0.717) is 12.0 Å². The summed E-state index contributed by atoms with van der Waals surface area (Å²) < 4.78 is 38.3. The minimum atomic E-state index is -3.47. The summed E-state index contributed by atoms with van der Waals surface area (Å²) in [5.41, 5.74) is 1.44. The zero-order valence-electron chi connectivity index (χ0n) is 17.9. The molecule has 2 atom stereocenters. The molecule has 4 rings (SSSR count). The molecule has 6 nitrogen and oxygen atoms in total. The van der Waals surface area contributed by atoms with Gasteiger partial charge in [-0.3, -0.25) is 9.59 Å². The van der Waals surface area contributed by atoms with Crippen LogP contribution in [0.15, 0.2) is 59.6 Å². The van der Waals surface area contributed by atoms with Gasteiger partial charge in [-0.25, -0.2) is 12.8 Å². The number of nitrogens with zero attached hydrogens (tertiary/aromatic N) is 1. The van der Waals surface area contributed by atoms with Crippen LogP contribution in [0.5, 0.6) is 0 Å². The zero-order valence-corrected chi connectivity index (χ0v) is 18.7. The van der Waals surface area contributed by atoms with E-state index >= 15 is 0 Å². The third kappa shape index (κ3) is 4.60. The first-order chi connectivity index (χ1) is 15.1. The summed E-state index contributed by atoms with van der Waals surface area (Å²) in [6.07, 6.45) is 6.48. The molecule has 2 aliphatic rings. The van der Waals surface area contributed by atoms with Gasteiger partial charge in [0.05, 0.1) is 10.9 Å². The highest BCUT2D eigenvalue weighted by atomic mass is 32.2. The first kappa shape index (κ1) is 22.2. The van der Waals surface area contributed by atoms with Gasteiger partial charge in [-0.1, -0.05) is 24.3 Å². The van der Waals surface area contributed by atoms with E-state index in [1.54, 1.807) is 12.1 Å². The van der Waals surface area contributed by atoms with Gasteiger partial charge < -0.3 is 10.2 Å². The molecule has 1 fully saturated rings. The van der Waals surface area contributed by atoms with Gasteiger partial charge in [-0.15, -0.1) is 0 Å². The number of carbonyl (C=O) groups excluding carboxylic acids is 2. The molecule has 0 saturated heterocycles. The van der Waals surface area contributed by atoms with Crippen LogP contribution in [0.3, 0.4) is 0 Å². The third-order valence-corrected chi connectivity index (χ3v) is 7.00. The molecule has 2 aromatic rings. The molecule has 1 N–H and O–H groups in total. The number of aryl methyl sites for hydroxylation is 1. The second-order valence-corrected chi connectivity index (χ2v) is 10.5. The Morgan fingerprint density at radius 3 is 2.56 bits per heavy atom. The fourth-order valence-corrected chi connectivity index (χ4v) is 4.65. The number of amides is 2. The number of rotatable bonds is 6. The number of carbonyl (C=O) groups is 2. The molecule has 168 valence electrons. The van der Waals surface area contributed by atoms with Crippen molar-refractivity contribution in [2.75, 3.05) is 6.26 Å². The molecule has 1 aliphatic heterocycles. The standard InChI is InChI=1S/C24H25FN2O4S/c1-15-8-11-19(20(25)13-15)22(16-9-10-16)26-23(28)21-7-4-12-27(21)24(29)17-5-3-6-18(14-17)32(2,30)31/h3-6,8,11-14,16,21-22H,7,9-10H2,1-2H3,(H,26,28)/t21-,22-/m1/s1. The van der Waals surface area contributed by atoms with Crippen molar-refractivity contribution in [2.45, 2.75) is 43.2 Å². The molecule has 1 aliphatic carbocycles. The van der Waals surface area contributed by atoms with Gasteiger partial charge in [-0.2, -0.15) is 0 Å². The Bertz CT molecular complexity index is 1200. The second kappa shape index (κ2) is 8.50. The number of benzene rings is 2. The van der Waals surface area contributed by atoms with Gasteiger partial charge in [0.15, 0.2) is 9.84 Å². The Labute approximate surface area is 187 Å². The van der Waals surface area contributed by atoms with Crippen LogP contribution in [0, 0.1) is 18.7 Å². The van der Waals surface area contributed by atoms with Crippen LogP contribution in [-0.4, -0.2) is 37.4 Å².